The molecule has 2 aromatic rings. The lowest BCUT2D eigenvalue weighted by molar-refractivity contribution is 0.186. The molecule has 1 aromatic heterocycles. The molecule has 0 radical (unpaired) electrons. The molecule has 5 heteroatoms. The number of hydrogen-bond donors (Lipinski definition) is 2. The molecule has 0 aliphatic carbocycles. The van der Waals surface area contributed by atoms with Crippen LogP contribution in [0.3, 0.4) is 0 Å². The van der Waals surface area contributed by atoms with Gasteiger partial charge in [0.25, 0.3) is 0 Å². The molecule has 0 spiro atoms. The lowest BCUT2D eigenvalue weighted by atomic mass is 10.1. The van der Waals surface area contributed by atoms with E-state index in [1.165, 1.54) is 6.07 Å². The van der Waals surface area contributed by atoms with Crippen LogP contribution >= 0.6 is 15.9 Å². The molecule has 0 saturated carbocycles. The van der Waals surface area contributed by atoms with Crippen LogP contribution in [0.15, 0.2) is 47.1 Å². The third-order valence-electron chi connectivity index (χ3n) is 2.47. The van der Waals surface area contributed by atoms with E-state index in [1.807, 2.05) is 6.07 Å². The number of aliphatic hydroxyl groups is 1. The third-order valence-corrected chi connectivity index (χ3v) is 2.94. The predicted molar refractivity (Wildman–Crippen MR) is 71.8 cm³/mol. The fraction of sp³-hybridized carbons (Fsp3) is 0.154. The van der Waals surface area contributed by atoms with Gasteiger partial charge in [0.05, 0.1) is 6.10 Å². The number of aromatic nitrogens is 1. The molecule has 18 heavy (non-hydrogen) atoms. The number of nitrogens with zero attached hydrogens (tertiary/aromatic N) is 1. The molecule has 1 aromatic carbocycles. The number of nitrogens with one attached hydrogen (secondary N) is 1. The highest BCUT2D eigenvalue weighted by atomic mass is 79.9. The van der Waals surface area contributed by atoms with E-state index in [0.29, 0.717) is 5.82 Å². The number of hydrogen-bond acceptors (Lipinski definition) is 3. The van der Waals surface area contributed by atoms with Gasteiger partial charge in [-0.25, -0.2) is 9.37 Å². The van der Waals surface area contributed by atoms with Gasteiger partial charge >= 0.3 is 0 Å². The van der Waals surface area contributed by atoms with E-state index in [1.54, 1.807) is 30.5 Å². The van der Waals surface area contributed by atoms with Crippen LogP contribution < -0.4 is 5.32 Å². The Morgan fingerprint density at radius 3 is 2.72 bits per heavy atom. The minimum absolute atomic E-state index is 0.204. The Kier molecular flexibility index (Phi) is 4.28. The van der Waals surface area contributed by atoms with Crippen molar-refractivity contribution in [2.45, 2.75) is 6.10 Å². The summed E-state index contributed by atoms with van der Waals surface area (Å²) in [7, 11) is 0. The van der Waals surface area contributed by atoms with E-state index in [4.69, 9.17) is 0 Å². The molecular weight excluding hydrogens is 299 g/mol. The Bertz CT molecular complexity index is 519. The van der Waals surface area contributed by atoms with Crippen molar-refractivity contribution in [2.24, 2.45) is 0 Å². The second kappa shape index (κ2) is 5.93. The van der Waals surface area contributed by atoms with Crippen LogP contribution in [-0.2, 0) is 0 Å². The van der Waals surface area contributed by atoms with E-state index < -0.39 is 11.9 Å². The topological polar surface area (TPSA) is 45.1 Å². The minimum atomic E-state index is -0.906. The maximum atomic E-state index is 13.4. The summed E-state index contributed by atoms with van der Waals surface area (Å²) in [6.07, 6.45) is 0.745. The summed E-state index contributed by atoms with van der Waals surface area (Å²) in [6.45, 7) is 0.204. The van der Waals surface area contributed by atoms with Crippen LogP contribution in [0, 0.1) is 5.82 Å². The van der Waals surface area contributed by atoms with Gasteiger partial charge < -0.3 is 10.4 Å². The number of benzene rings is 1. The zero-order valence-electron chi connectivity index (χ0n) is 9.48. The van der Waals surface area contributed by atoms with E-state index in [9.17, 15) is 9.50 Å². The molecule has 2 rings (SSSR count). The van der Waals surface area contributed by atoms with Gasteiger partial charge in [-0.1, -0.05) is 18.2 Å². The van der Waals surface area contributed by atoms with Crippen LogP contribution in [0.4, 0.5) is 10.2 Å². The summed E-state index contributed by atoms with van der Waals surface area (Å²) in [5.74, 6) is 0.226. The largest absolute Gasteiger partial charge is 0.386 e. The lowest BCUT2D eigenvalue weighted by Gasteiger charge is -2.13. The van der Waals surface area contributed by atoms with Gasteiger partial charge in [-0.2, -0.15) is 0 Å². The van der Waals surface area contributed by atoms with Crippen LogP contribution in [-0.4, -0.2) is 16.6 Å². The van der Waals surface area contributed by atoms with E-state index >= 15 is 0 Å². The van der Waals surface area contributed by atoms with Crippen molar-refractivity contribution in [3.05, 3.63) is 58.4 Å². The molecule has 1 unspecified atom stereocenters. The van der Waals surface area contributed by atoms with Crippen molar-refractivity contribution in [3.63, 3.8) is 0 Å². The average molecular weight is 311 g/mol. The average Bonchev–Trinajstić information content (AvgIpc) is 2.38. The number of anilines is 1. The zero-order valence-corrected chi connectivity index (χ0v) is 11.1. The monoisotopic (exact) mass is 310 g/mol. The fourth-order valence-corrected chi connectivity index (χ4v) is 1.77. The molecule has 0 aliphatic heterocycles. The van der Waals surface area contributed by atoms with Crippen LogP contribution in [0.1, 0.15) is 11.7 Å². The van der Waals surface area contributed by atoms with Crippen molar-refractivity contribution in [3.8, 4) is 0 Å². The Hall–Kier alpha value is -1.46. The molecule has 1 atom stereocenters. The highest BCUT2D eigenvalue weighted by molar-refractivity contribution is 9.10. The molecule has 0 amide bonds. The van der Waals surface area contributed by atoms with Crippen LogP contribution in [0.2, 0.25) is 0 Å². The van der Waals surface area contributed by atoms with Gasteiger partial charge in [0.15, 0.2) is 0 Å². The summed E-state index contributed by atoms with van der Waals surface area (Å²) in [5.41, 5.74) is 0.280. The van der Waals surface area contributed by atoms with Crippen molar-refractivity contribution < 1.29 is 9.50 Å². The van der Waals surface area contributed by atoms with Gasteiger partial charge in [-0.3, -0.25) is 0 Å². The van der Waals surface area contributed by atoms with E-state index in [2.05, 4.69) is 26.2 Å². The number of pyridine rings is 1. The van der Waals surface area contributed by atoms with Crippen molar-refractivity contribution in [2.75, 3.05) is 11.9 Å². The van der Waals surface area contributed by atoms with E-state index in [-0.39, 0.29) is 12.1 Å². The normalized spacial score (nSPS) is 12.2. The first kappa shape index (κ1) is 13.0. The Morgan fingerprint density at radius 2 is 2.06 bits per heavy atom. The molecular formula is C13H12BrFN2O. The van der Waals surface area contributed by atoms with E-state index in [0.717, 1.165) is 4.47 Å². The smallest absolute Gasteiger partial charge is 0.129 e. The zero-order chi connectivity index (χ0) is 13.0. The Labute approximate surface area is 113 Å². The quantitative estimate of drug-likeness (QED) is 0.912. The molecule has 94 valence electrons. The van der Waals surface area contributed by atoms with Gasteiger partial charge in [0.1, 0.15) is 11.6 Å². The summed E-state index contributed by atoms with van der Waals surface area (Å²) >= 11 is 3.28. The fourth-order valence-electron chi connectivity index (χ4n) is 1.54. The Morgan fingerprint density at radius 1 is 1.28 bits per heavy atom. The molecule has 0 saturated heterocycles. The van der Waals surface area contributed by atoms with Gasteiger partial charge in [-0.15, -0.1) is 0 Å². The Balaban J connectivity index is 1.98. The van der Waals surface area contributed by atoms with Crippen LogP contribution in [0.25, 0.3) is 0 Å². The molecule has 0 fully saturated rings. The number of aliphatic hydroxyl groups excluding tert-OH is 1. The summed E-state index contributed by atoms with van der Waals surface area (Å²) in [6, 6.07) is 9.80. The second-order valence-electron chi connectivity index (χ2n) is 3.78. The highest BCUT2D eigenvalue weighted by Crippen LogP contribution is 2.17. The summed E-state index contributed by atoms with van der Waals surface area (Å²) in [5, 5.41) is 12.8. The molecule has 0 aliphatic rings. The maximum Gasteiger partial charge on any atom is 0.129 e. The number of rotatable bonds is 4. The summed E-state index contributed by atoms with van der Waals surface area (Å²) in [4.78, 5) is 4.10. The highest BCUT2D eigenvalue weighted by Gasteiger charge is 2.11. The van der Waals surface area contributed by atoms with Crippen molar-refractivity contribution >= 4 is 21.7 Å². The first-order chi connectivity index (χ1) is 8.66. The van der Waals surface area contributed by atoms with Gasteiger partial charge in [0.2, 0.25) is 0 Å². The molecule has 2 N–H and O–H groups in total. The standard InChI is InChI=1S/C13H12BrFN2O/c14-9-5-6-13(16-7-9)17-8-12(18)10-3-1-2-4-11(10)15/h1-7,12,18H,8H2,(H,16,17). The van der Waals surface area contributed by atoms with Gasteiger partial charge in [-0.05, 0) is 34.1 Å². The van der Waals surface area contributed by atoms with Crippen molar-refractivity contribution in [1.29, 1.82) is 0 Å². The summed E-state index contributed by atoms with van der Waals surface area (Å²) < 4.78 is 14.3. The molecule has 0 bridgehead atoms. The third kappa shape index (κ3) is 3.27. The molecule has 1 heterocycles. The second-order valence-corrected chi connectivity index (χ2v) is 4.70. The predicted octanol–water partition coefficient (Wildman–Crippen LogP) is 3.13. The SMILES string of the molecule is OC(CNc1ccc(Br)cn1)c1ccccc1F. The lowest BCUT2D eigenvalue weighted by Crippen LogP contribution is -2.14. The van der Waals surface area contributed by atoms with Gasteiger partial charge in [0, 0.05) is 22.8 Å². The van der Waals surface area contributed by atoms with Crippen LogP contribution in [0.5, 0.6) is 0 Å². The molecule has 3 nitrogen and oxygen atoms in total. The first-order valence-electron chi connectivity index (χ1n) is 5.45. The number of halogens is 2. The van der Waals surface area contributed by atoms with Crippen molar-refractivity contribution in [1.82, 2.24) is 4.98 Å². The maximum absolute atomic E-state index is 13.4. The minimum Gasteiger partial charge on any atom is -0.386 e. The first-order valence-corrected chi connectivity index (χ1v) is 6.24.